The maximum Gasteiger partial charge on any atom is 0.226 e. The number of hydrogen-bond acceptors (Lipinski definition) is 3. The number of nitrogens with zero attached hydrogens (tertiary/aromatic N) is 1. The Hall–Kier alpha value is -1.68. The number of aryl methyl sites for hydroxylation is 1. The quantitative estimate of drug-likeness (QED) is 0.840. The fourth-order valence-corrected chi connectivity index (χ4v) is 3.91. The van der Waals surface area contributed by atoms with E-state index in [1.807, 2.05) is 5.38 Å². The minimum absolute atomic E-state index is 0.109. The second kappa shape index (κ2) is 7.73. The maximum absolute atomic E-state index is 12.2. The zero-order valence-corrected chi connectivity index (χ0v) is 14.5. The van der Waals surface area contributed by atoms with Gasteiger partial charge in [-0.25, -0.2) is 4.98 Å². The van der Waals surface area contributed by atoms with Crippen LogP contribution in [0.1, 0.15) is 49.8 Å². The van der Waals surface area contributed by atoms with Crippen molar-refractivity contribution in [2.75, 3.05) is 0 Å². The van der Waals surface area contributed by atoms with Gasteiger partial charge >= 0.3 is 0 Å². The third-order valence-corrected chi connectivity index (χ3v) is 5.35. The van der Waals surface area contributed by atoms with Gasteiger partial charge in [-0.15, -0.1) is 11.3 Å². The molecule has 122 valence electrons. The average Bonchev–Trinajstić information content (AvgIpc) is 2.84. The number of hydrogen-bond donors (Lipinski definition) is 1. The predicted molar refractivity (Wildman–Crippen MR) is 95.6 cm³/mol. The fourth-order valence-electron chi connectivity index (χ4n) is 3.08. The Kier molecular flexibility index (Phi) is 5.44. The monoisotopic (exact) mass is 328 g/mol. The van der Waals surface area contributed by atoms with Crippen LogP contribution < -0.4 is 5.32 Å². The molecule has 0 saturated heterocycles. The first-order valence-electron chi connectivity index (χ1n) is 8.51. The van der Waals surface area contributed by atoms with Gasteiger partial charge in [0.2, 0.25) is 5.91 Å². The minimum atomic E-state index is 0.109. The Bertz CT molecular complexity index is 640. The Balaban J connectivity index is 1.57. The number of amides is 1. The molecule has 2 aromatic rings. The zero-order chi connectivity index (χ0) is 16.1. The lowest BCUT2D eigenvalue weighted by molar-refractivity contribution is -0.121. The summed E-state index contributed by atoms with van der Waals surface area (Å²) in [6.45, 7) is 2.08. The second-order valence-corrected chi connectivity index (χ2v) is 7.30. The molecule has 1 heterocycles. The molecule has 0 spiro atoms. The lowest BCUT2D eigenvalue weighted by atomic mass is 10.1. The van der Waals surface area contributed by atoms with Crippen molar-refractivity contribution in [3.05, 3.63) is 40.9 Å². The Labute approximate surface area is 142 Å². The summed E-state index contributed by atoms with van der Waals surface area (Å²) in [6.07, 6.45) is 7.71. The van der Waals surface area contributed by atoms with Gasteiger partial charge in [0, 0.05) is 17.0 Å². The van der Waals surface area contributed by atoms with Crippen molar-refractivity contribution in [2.24, 2.45) is 0 Å². The summed E-state index contributed by atoms with van der Waals surface area (Å²) in [6, 6.07) is 8.72. The van der Waals surface area contributed by atoms with Gasteiger partial charge in [-0.2, -0.15) is 0 Å². The first-order chi connectivity index (χ1) is 11.2. The van der Waals surface area contributed by atoms with Gasteiger partial charge in [0.15, 0.2) is 0 Å². The molecule has 0 aliphatic heterocycles. The molecule has 1 fully saturated rings. The summed E-state index contributed by atoms with van der Waals surface area (Å²) in [5.41, 5.74) is 3.24. The Morgan fingerprint density at radius 1 is 1.17 bits per heavy atom. The summed E-state index contributed by atoms with van der Waals surface area (Å²) in [4.78, 5) is 16.9. The molecule has 1 aromatic heterocycles. The van der Waals surface area contributed by atoms with E-state index in [4.69, 9.17) is 0 Å². The SMILES string of the molecule is Cc1ccc(-c2nc(CC(=O)NC3CCCCCC3)cs2)cc1. The van der Waals surface area contributed by atoms with Gasteiger partial charge < -0.3 is 5.32 Å². The molecule has 0 atom stereocenters. The summed E-state index contributed by atoms with van der Waals surface area (Å²) >= 11 is 1.61. The lowest BCUT2D eigenvalue weighted by Gasteiger charge is -2.15. The van der Waals surface area contributed by atoms with Crippen molar-refractivity contribution in [2.45, 2.75) is 57.9 Å². The number of thiazole rings is 1. The number of carbonyl (C=O) groups excluding carboxylic acids is 1. The standard InChI is InChI=1S/C19H24N2OS/c1-14-8-10-15(11-9-14)19-21-17(13-23-19)12-18(22)20-16-6-4-2-3-5-7-16/h8-11,13,16H,2-7,12H2,1H3,(H,20,22). The first-order valence-corrected chi connectivity index (χ1v) is 9.39. The second-order valence-electron chi connectivity index (χ2n) is 6.44. The molecule has 1 aliphatic carbocycles. The highest BCUT2D eigenvalue weighted by molar-refractivity contribution is 7.13. The van der Waals surface area contributed by atoms with E-state index in [1.54, 1.807) is 11.3 Å². The molecule has 0 unspecified atom stereocenters. The number of aromatic nitrogens is 1. The number of benzene rings is 1. The highest BCUT2D eigenvalue weighted by Crippen LogP contribution is 2.24. The molecule has 4 heteroatoms. The van der Waals surface area contributed by atoms with Crippen LogP contribution in [0.3, 0.4) is 0 Å². The first kappa shape index (κ1) is 16.2. The molecule has 1 N–H and O–H groups in total. The summed E-state index contributed by atoms with van der Waals surface area (Å²) in [5.74, 6) is 0.109. The molecule has 23 heavy (non-hydrogen) atoms. The predicted octanol–water partition coefficient (Wildman–Crippen LogP) is 4.50. The van der Waals surface area contributed by atoms with Gasteiger partial charge in [-0.3, -0.25) is 4.79 Å². The highest BCUT2D eigenvalue weighted by atomic mass is 32.1. The van der Waals surface area contributed by atoms with Crippen LogP contribution in [0.5, 0.6) is 0 Å². The molecule has 0 radical (unpaired) electrons. The Morgan fingerprint density at radius 2 is 1.87 bits per heavy atom. The fraction of sp³-hybridized carbons (Fsp3) is 0.474. The smallest absolute Gasteiger partial charge is 0.226 e. The molecular formula is C19H24N2OS. The van der Waals surface area contributed by atoms with Crippen LogP contribution in [0.15, 0.2) is 29.6 Å². The zero-order valence-electron chi connectivity index (χ0n) is 13.7. The minimum Gasteiger partial charge on any atom is -0.353 e. The molecule has 3 nitrogen and oxygen atoms in total. The summed E-state index contributed by atoms with van der Waals surface area (Å²) in [5, 5.41) is 6.18. The van der Waals surface area contributed by atoms with Gasteiger partial charge in [-0.05, 0) is 19.8 Å². The highest BCUT2D eigenvalue weighted by Gasteiger charge is 2.16. The van der Waals surface area contributed by atoms with E-state index in [0.717, 1.165) is 29.1 Å². The van der Waals surface area contributed by atoms with Crippen molar-refractivity contribution < 1.29 is 4.79 Å². The van der Waals surface area contributed by atoms with E-state index < -0.39 is 0 Å². The molecule has 1 aromatic carbocycles. The third kappa shape index (κ3) is 4.64. The van der Waals surface area contributed by atoms with Crippen LogP contribution in [0.2, 0.25) is 0 Å². The van der Waals surface area contributed by atoms with E-state index in [1.165, 1.54) is 31.2 Å². The van der Waals surface area contributed by atoms with E-state index in [0.29, 0.717) is 12.5 Å². The molecule has 3 rings (SSSR count). The van der Waals surface area contributed by atoms with Crippen LogP contribution in [-0.4, -0.2) is 16.9 Å². The van der Waals surface area contributed by atoms with Gasteiger partial charge in [-0.1, -0.05) is 55.5 Å². The number of rotatable bonds is 4. The number of nitrogens with one attached hydrogen (secondary N) is 1. The van der Waals surface area contributed by atoms with E-state index in [9.17, 15) is 4.79 Å². The summed E-state index contributed by atoms with van der Waals surface area (Å²) in [7, 11) is 0. The van der Waals surface area contributed by atoms with E-state index in [-0.39, 0.29) is 5.91 Å². The molecule has 1 amide bonds. The molecule has 1 aliphatic rings. The van der Waals surface area contributed by atoms with Crippen molar-refractivity contribution >= 4 is 17.2 Å². The normalized spacial score (nSPS) is 16.0. The van der Waals surface area contributed by atoms with Crippen molar-refractivity contribution in [1.29, 1.82) is 0 Å². The maximum atomic E-state index is 12.2. The van der Waals surface area contributed by atoms with Gasteiger partial charge in [0.1, 0.15) is 5.01 Å². The van der Waals surface area contributed by atoms with Gasteiger partial charge in [0.25, 0.3) is 0 Å². The molecule has 1 saturated carbocycles. The lowest BCUT2D eigenvalue weighted by Crippen LogP contribution is -2.35. The van der Waals surface area contributed by atoms with Crippen LogP contribution >= 0.6 is 11.3 Å². The van der Waals surface area contributed by atoms with Crippen molar-refractivity contribution in [1.82, 2.24) is 10.3 Å². The van der Waals surface area contributed by atoms with Crippen molar-refractivity contribution in [3.63, 3.8) is 0 Å². The largest absolute Gasteiger partial charge is 0.353 e. The van der Waals surface area contributed by atoms with E-state index >= 15 is 0 Å². The average molecular weight is 328 g/mol. The summed E-state index contributed by atoms with van der Waals surface area (Å²) < 4.78 is 0. The molecule has 0 bridgehead atoms. The van der Waals surface area contributed by atoms with Gasteiger partial charge in [0.05, 0.1) is 12.1 Å². The van der Waals surface area contributed by atoms with Crippen LogP contribution in [0.25, 0.3) is 10.6 Å². The number of carbonyl (C=O) groups is 1. The third-order valence-electron chi connectivity index (χ3n) is 4.41. The topological polar surface area (TPSA) is 42.0 Å². The van der Waals surface area contributed by atoms with Crippen LogP contribution in [-0.2, 0) is 11.2 Å². The molecular weight excluding hydrogens is 304 g/mol. The van der Waals surface area contributed by atoms with Crippen molar-refractivity contribution in [3.8, 4) is 10.6 Å². The van der Waals surface area contributed by atoms with Crippen LogP contribution in [0, 0.1) is 6.92 Å². The van der Waals surface area contributed by atoms with E-state index in [2.05, 4.69) is 41.5 Å². The Morgan fingerprint density at radius 3 is 2.57 bits per heavy atom. The van der Waals surface area contributed by atoms with Crippen LogP contribution in [0.4, 0.5) is 0 Å².